The smallest absolute Gasteiger partial charge is 0.338 e. The van der Waals surface area contributed by atoms with Gasteiger partial charge in [-0.15, -0.1) is 11.3 Å². The molecule has 214 valence electrons. The highest BCUT2D eigenvalue weighted by Gasteiger charge is 2.20. The van der Waals surface area contributed by atoms with Crippen LogP contribution in [-0.2, 0) is 6.54 Å². The number of aromatic carboxylic acids is 1. The molecule has 0 atom stereocenters. The third kappa shape index (κ3) is 5.46. The highest BCUT2D eigenvalue weighted by Crippen LogP contribution is 2.40. The first-order valence-corrected chi connectivity index (χ1v) is 13.7. The average molecular weight is 611 g/mol. The van der Waals surface area contributed by atoms with E-state index < -0.39 is 24.5 Å². The van der Waals surface area contributed by atoms with Crippen molar-refractivity contribution in [2.24, 2.45) is 0 Å². The van der Waals surface area contributed by atoms with E-state index in [1.807, 2.05) is 12.1 Å². The van der Waals surface area contributed by atoms with E-state index in [1.54, 1.807) is 32.0 Å². The van der Waals surface area contributed by atoms with E-state index >= 15 is 0 Å². The van der Waals surface area contributed by atoms with Crippen molar-refractivity contribution < 1.29 is 23.4 Å². The average Bonchev–Trinajstić information content (AvgIpc) is 3.37. The van der Waals surface area contributed by atoms with Crippen molar-refractivity contribution in [2.45, 2.75) is 26.8 Å². The highest BCUT2D eigenvalue weighted by atomic mass is 35.5. The van der Waals surface area contributed by atoms with Crippen molar-refractivity contribution in [3.05, 3.63) is 73.9 Å². The van der Waals surface area contributed by atoms with Crippen LogP contribution in [0.25, 0.3) is 32.2 Å². The first kappa shape index (κ1) is 28.8. The van der Waals surface area contributed by atoms with E-state index in [9.17, 15) is 28.7 Å². The van der Waals surface area contributed by atoms with E-state index in [4.69, 9.17) is 16.3 Å². The van der Waals surface area contributed by atoms with E-state index in [-0.39, 0.29) is 41.0 Å². The first-order valence-electron chi connectivity index (χ1n) is 12.5. The third-order valence-electron chi connectivity index (χ3n) is 6.41. The van der Waals surface area contributed by atoms with Crippen LogP contribution in [0.5, 0.6) is 5.75 Å². The van der Waals surface area contributed by atoms with Gasteiger partial charge in [-0.1, -0.05) is 11.6 Å². The number of aryl methyl sites for hydroxylation is 2. The number of anilines is 1. The molecule has 5 aromatic rings. The molecule has 0 aliphatic rings. The number of rotatable bonds is 9. The second-order valence-corrected chi connectivity index (χ2v) is 10.5. The molecule has 1 aromatic carbocycles. The Balaban J connectivity index is 1.49. The number of nitrogens with zero attached hydrogens (tertiary/aromatic N) is 5. The molecule has 0 aliphatic heterocycles. The molecular weight excluding hydrogens is 590 g/mol. The largest absolute Gasteiger partial charge is 0.491 e. The quantitative estimate of drug-likeness (QED) is 0.216. The fourth-order valence-corrected chi connectivity index (χ4v) is 5.76. The number of hydrogen-bond donors (Lipinski definition) is 2. The van der Waals surface area contributed by atoms with Crippen LogP contribution in [0.1, 0.15) is 27.4 Å². The Labute approximate surface area is 245 Å². The molecule has 10 nitrogen and oxygen atoms in total. The lowest BCUT2D eigenvalue weighted by Crippen LogP contribution is -2.27. The molecule has 5 rings (SSSR count). The number of pyridine rings is 2. The fraction of sp³-hybridized carbons (Fsp3) is 0.214. The van der Waals surface area contributed by atoms with Gasteiger partial charge in [0.1, 0.15) is 35.6 Å². The maximum Gasteiger partial charge on any atom is 0.338 e. The van der Waals surface area contributed by atoms with Gasteiger partial charge in [-0.05, 0) is 38.1 Å². The predicted molar refractivity (Wildman–Crippen MR) is 155 cm³/mol. The minimum absolute atomic E-state index is 0.0179. The number of halogens is 3. The van der Waals surface area contributed by atoms with Crippen molar-refractivity contribution in [1.82, 2.24) is 19.5 Å². The number of benzene rings is 1. The zero-order valence-electron chi connectivity index (χ0n) is 22.1. The number of fused-ring (bicyclic) bond motifs is 2. The van der Waals surface area contributed by atoms with Gasteiger partial charge in [-0.2, -0.15) is 5.26 Å². The van der Waals surface area contributed by atoms with E-state index in [1.165, 1.54) is 27.5 Å². The molecule has 42 heavy (non-hydrogen) atoms. The molecule has 0 saturated heterocycles. The topological polar surface area (TPSA) is 143 Å². The minimum Gasteiger partial charge on any atom is -0.491 e. The summed E-state index contributed by atoms with van der Waals surface area (Å²) in [4.78, 5) is 38.0. The molecule has 0 radical (unpaired) electrons. The van der Waals surface area contributed by atoms with Gasteiger partial charge in [0.25, 0.3) is 12.0 Å². The van der Waals surface area contributed by atoms with Crippen LogP contribution in [0.3, 0.4) is 0 Å². The van der Waals surface area contributed by atoms with E-state index in [0.29, 0.717) is 43.6 Å². The van der Waals surface area contributed by atoms with Crippen LogP contribution >= 0.6 is 22.9 Å². The predicted octanol–water partition coefficient (Wildman–Crippen LogP) is 5.66. The highest BCUT2D eigenvalue weighted by molar-refractivity contribution is 7.18. The Morgan fingerprint density at radius 2 is 2.05 bits per heavy atom. The van der Waals surface area contributed by atoms with Gasteiger partial charge in [0.05, 0.1) is 46.0 Å². The Bertz CT molecular complexity index is 1970. The number of aromatic nitrogens is 4. The second-order valence-electron chi connectivity index (χ2n) is 9.17. The molecular formula is C28H21ClF2N6O4S. The summed E-state index contributed by atoms with van der Waals surface area (Å²) < 4.78 is 33.6. The molecule has 0 aliphatic carbocycles. The summed E-state index contributed by atoms with van der Waals surface area (Å²) in [7, 11) is 0. The maximum atomic E-state index is 13.5. The molecule has 0 fully saturated rings. The van der Waals surface area contributed by atoms with Crippen LogP contribution < -0.4 is 15.6 Å². The number of alkyl halides is 2. The molecule has 0 spiro atoms. The Hall–Kier alpha value is -4.67. The summed E-state index contributed by atoms with van der Waals surface area (Å²) >= 11 is 7.58. The summed E-state index contributed by atoms with van der Waals surface area (Å²) in [6.07, 6.45) is -1.42. The number of thiophene rings is 1. The molecule has 4 aromatic heterocycles. The molecule has 0 amide bonds. The standard InChI is InChI=1S/C28H21ClF2N6O4S/c1-13-7-17(25-24(35-13)19(12-42-25)28(39)40)16-8-15(29)3-4-21(16)41-6-5-37-14(2)36-20-10-33-26(34-11-22(30)31)18(9-32)23(20)27(37)38/h3-4,7-8,10,12,22H,5-6,11H2,1-2H3,(H,33,34)(H,39,40). The van der Waals surface area contributed by atoms with Gasteiger partial charge in [-0.25, -0.2) is 23.5 Å². The summed E-state index contributed by atoms with van der Waals surface area (Å²) in [6, 6.07) is 8.74. The fourth-order valence-electron chi connectivity index (χ4n) is 4.57. The van der Waals surface area contributed by atoms with E-state index in [2.05, 4.69) is 20.3 Å². The minimum atomic E-state index is -2.68. The lowest BCUT2D eigenvalue weighted by atomic mass is 10.0. The Kier molecular flexibility index (Phi) is 8.02. The summed E-state index contributed by atoms with van der Waals surface area (Å²) in [5.41, 5.74) is 1.84. The van der Waals surface area contributed by atoms with Crippen LogP contribution in [-0.4, -0.2) is 50.2 Å². The Morgan fingerprint density at radius 3 is 2.76 bits per heavy atom. The summed E-state index contributed by atoms with van der Waals surface area (Å²) in [5, 5.41) is 23.6. The molecule has 0 unspecified atom stereocenters. The molecule has 0 saturated carbocycles. The Morgan fingerprint density at radius 1 is 1.26 bits per heavy atom. The van der Waals surface area contributed by atoms with Crippen molar-refractivity contribution in [1.29, 1.82) is 5.26 Å². The summed E-state index contributed by atoms with van der Waals surface area (Å²) in [5.74, 6) is -0.417. The number of carbonyl (C=O) groups is 1. The van der Waals surface area contributed by atoms with Gasteiger partial charge < -0.3 is 15.2 Å². The normalized spacial score (nSPS) is 11.3. The van der Waals surface area contributed by atoms with Crippen LogP contribution in [0.15, 0.2) is 40.6 Å². The van der Waals surface area contributed by atoms with Crippen molar-refractivity contribution in [3.63, 3.8) is 0 Å². The zero-order chi connectivity index (χ0) is 30.1. The number of ether oxygens (including phenoxy) is 1. The third-order valence-corrected chi connectivity index (χ3v) is 7.65. The number of nitrogens with one attached hydrogen (secondary N) is 1. The van der Waals surface area contributed by atoms with Crippen LogP contribution in [0.4, 0.5) is 14.6 Å². The number of carboxylic acids is 1. The van der Waals surface area contributed by atoms with Crippen LogP contribution in [0, 0.1) is 25.2 Å². The van der Waals surface area contributed by atoms with Gasteiger partial charge in [-0.3, -0.25) is 14.3 Å². The van der Waals surface area contributed by atoms with E-state index in [0.717, 1.165) is 0 Å². The lowest BCUT2D eigenvalue weighted by Gasteiger charge is -2.16. The van der Waals surface area contributed by atoms with Gasteiger partial charge in [0.2, 0.25) is 0 Å². The molecule has 2 N–H and O–H groups in total. The lowest BCUT2D eigenvalue weighted by molar-refractivity contribution is 0.0699. The van der Waals surface area contributed by atoms with Crippen molar-refractivity contribution in [2.75, 3.05) is 18.5 Å². The van der Waals surface area contributed by atoms with Gasteiger partial charge in [0, 0.05) is 27.2 Å². The maximum absolute atomic E-state index is 13.5. The molecule has 14 heteroatoms. The van der Waals surface area contributed by atoms with Crippen LogP contribution in [0.2, 0.25) is 5.02 Å². The monoisotopic (exact) mass is 610 g/mol. The van der Waals surface area contributed by atoms with Crippen molar-refractivity contribution >= 4 is 55.8 Å². The van der Waals surface area contributed by atoms with Gasteiger partial charge >= 0.3 is 5.97 Å². The summed E-state index contributed by atoms with van der Waals surface area (Å²) in [6.45, 7) is 2.72. The molecule has 4 heterocycles. The van der Waals surface area contributed by atoms with Gasteiger partial charge in [0.15, 0.2) is 0 Å². The number of carboxylic acid groups (broad SMARTS) is 1. The molecule has 0 bridgehead atoms. The number of nitriles is 1. The SMILES string of the molecule is Cc1cc(-c2cc(Cl)ccc2OCCn2c(C)nc3cnc(NCC(F)F)c(C#N)c3c2=O)c2scc(C(=O)O)c2n1. The first-order chi connectivity index (χ1) is 20.1. The zero-order valence-corrected chi connectivity index (χ0v) is 23.7. The second kappa shape index (κ2) is 11.7. The number of hydrogen-bond acceptors (Lipinski definition) is 9. The van der Waals surface area contributed by atoms with Crippen molar-refractivity contribution in [3.8, 4) is 22.9 Å².